The average Bonchev–Trinajstić information content (AvgIpc) is 2.56. The minimum atomic E-state index is -0.657. The predicted octanol–water partition coefficient (Wildman–Crippen LogP) is 1.43. The van der Waals surface area contributed by atoms with Crippen molar-refractivity contribution in [2.24, 2.45) is 11.7 Å². The Kier molecular flexibility index (Phi) is 7.50. The van der Waals surface area contributed by atoms with Gasteiger partial charge in [-0.05, 0) is 25.3 Å². The molecule has 0 saturated carbocycles. The standard InChI is InChI=1S/C17H26N4O4/c1-11(2)16(18)17(23)19-9-15(22)20(12(3)4)10-13-5-7-14(8-6-13)21(24)25/h5-8,11-12,16H,9-10,18H2,1-4H3,(H,19,23)/t16-/m0/s1. The van der Waals surface area contributed by atoms with E-state index >= 15 is 0 Å². The minimum Gasteiger partial charge on any atom is -0.346 e. The number of nitrogens with zero attached hydrogens (tertiary/aromatic N) is 2. The second-order valence-corrected chi connectivity index (χ2v) is 6.53. The van der Waals surface area contributed by atoms with Gasteiger partial charge in [-0.2, -0.15) is 0 Å². The fraction of sp³-hybridized carbons (Fsp3) is 0.529. The number of carbonyl (C=O) groups excluding carboxylic acids is 2. The van der Waals surface area contributed by atoms with E-state index in [0.717, 1.165) is 5.56 Å². The van der Waals surface area contributed by atoms with Crippen LogP contribution in [0, 0.1) is 16.0 Å². The number of nitrogens with one attached hydrogen (secondary N) is 1. The van der Waals surface area contributed by atoms with Crippen LogP contribution in [0.25, 0.3) is 0 Å². The van der Waals surface area contributed by atoms with E-state index in [-0.39, 0.29) is 36.0 Å². The summed E-state index contributed by atoms with van der Waals surface area (Å²) in [5, 5.41) is 13.3. The zero-order valence-corrected chi connectivity index (χ0v) is 15.1. The molecule has 0 aliphatic carbocycles. The first kappa shape index (κ1) is 20.6. The number of carbonyl (C=O) groups is 2. The number of non-ortho nitro benzene ring substituents is 1. The van der Waals surface area contributed by atoms with Gasteiger partial charge in [0.15, 0.2) is 0 Å². The summed E-state index contributed by atoms with van der Waals surface area (Å²) in [4.78, 5) is 36.1. The van der Waals surface area contributed by atoms with Gasteiger partial charge in [0, 0.05) is 24.7 Å². The molecule has 0 aromatic heterocycles. The number of nitro groups is 1. The van der Waals surface area contributed by atoms with Crippen LogP contribution in [-0.4, -0.2) is 40.3 Å². The van der Waals surface area contributed by atoms with Crippen LogP contribution in [0.3, 0.4) is 0 Å². The fourth-order valence-electron chi connectivity index (χ4n) is 2.16. The topological polar surface area (TPSA) is 119 Å². The van der Waals surface area contributed by atoms with Crippen molar-refractivity contribution in [3.05, 3.63) is 39.9 Å². The van der Waals surface area contributed by atoms with Gasteiger partial charge in [0.1, 0.15) is 0 Å². The van der Waals surface area contributed by atoms with Crippen LogP contribution in [0.1, 0.15) is 33.3 Å². The molecule has 8 heteroatoms. The molecule has 1 aromatic carbocycles. The second-order valence-electron chi connectivity index (χ2n) is 6.53. The third kappa shape index (κ3) is 6.15. The first-order valence-electron chi connectivity index (χ1n) is 8.19. The summed E-state index contributed by atoms with van der Waals surface area (Å²) in [6, 6.07) is 5.30. The van der Waals surface area contributed by atoms with E-state index in [1.807, 2.05) is 27.7 Å². The van der Waals surface area contributed by atoms with Crippen LogP contribution in [0.5, 0.6) is 0 Å². The minimum absolute atomic E-state index is 0.00103. The number of rotatable bonds is 8. The molecule has 1 atom stereocenters. The summed E-state index contributed by atoms with van der Waals surface area (Å²) in [7, 11) is 0. The third-order valence-electron chi connectivity index (χ3n) is 3.88. The van der Waals surface area contributed by atoms with E-state index in [4.69, 9.17) is 5.73 Å². The zero-order valence-electron chi connectivity index (χ0n) is 15.1. The van der Waals surface area contributed by atoms with Crippen LogP contribution in [0.15, 0.2) is 24.3 Å². The highest BCUT2D eigenvalue weighted by Gasteiger charge is 2.21. The molecule has 0 aliphatic rings. The number of hydrogen-bond acceptors (Lipinski definition) is 5. The zero-order chi connectivity index (χ0) is 19.1. The molecular weight excluding hydrogens is 324 g/mol. The molecule has 0 bridgehead atoms. The van der Waals surface area contributed by atoms with Gasteiger partial charge in [0.2, 0.25) is 11.8 Å². The largest absolute Gasteiger partial charge is 0.346 e. The maximum absolute atomic E-state index is 12.4. The monoisotopic (exact) mass is 350 g/mol. The summed E-state index contributed by atoms with van der Waals surface area (Å²) < 4.78 is 0. The van der Waals surface area contributed by atoms with E-state index in [9.17, 15) is 19.7 Å². The first-order valence-corrected chi connectivity index (χ1v) is 8.19. The van der Waals surface area contributed by atoms with E-state index in [1.54, 1.807) is 17.0 Å². The molecule has 0 spiro atoms. The van der Waals surface area contributed by atoms with E-state index in [2.05, 4.69) is 5.32 Å². The lowest BCUT2D eigenvalue weighted by Crippen LogP contribution is -2.48. The molecule has 1 aromatic rings. The van der Waals surface area contributed by atoms with Crippen LogP contribution in [-0.2, 0) is 16.1 Å². The van der Waals surface area contributed by atoms with Crippen molar-refractivity contribution in [2.45, 2.75) is 46.3 Å². The van der Waals surface area contributed by atoms with Gasteiger partial charge in [0.25, 0.3) is 5.69 Å². The summed E-state index contributed by atoms with van der Waals surface area (Å²) in [5.41, 5.74) is 6.53. The number of amides is 2. The molecule has 0 saturated heterocycles. The van der Waals surface area contributed by atoms with Crippen LogP contribution in [0.2, 0.25) is 0 Å². The molecule has 1 rings (SSSR count). The van der Waals surface area contributed by atoms with Gasteiger partial charge in [0.05, 0.1) is 17.5 Å². The quantitative estimate of drug-likeness (QED) is 0.543. The van der Waals surface area contributed by atoms with Gasteiger partial charge in [-0.25, -0.2) is 0 Å². The molecule has 0 heterocycles. The molecule has 8 nitrogen and oxygen atoms in total. The van der Waals surface area contributed by atoms with Crippen LogP contribution >= 0.6 is 0 Å². The summed E-state index contributed by atoms with van der Waals surface area (Å²) in [6.07, 6.45) is 0. The average molecular weight is 350 g/mol. The Morgan fingerprint density at radius 3 is 2.20 bits per heavy atom. The number of hydrogen-bond donors (Lipinski definition) is 2. The Hall–Kier alpha value is -2.48. The highest BCUT2D eigenvalue weighted by molar-refractivity contribution is 5.87. The van der Waals surface area contributed by atoms with Gasteiger partial charge in [-0.1, -0.05) is 26.0 Å². The number of nitro benzene ring substituents is 1. The van der Waals surface area contributed by atoms with Crippen LogP contribution in [0.4, 0.5) is 5.69 Å². The lowest BCUT2D eigenvalue weighted by molar-refractivity contribution is -0.384. The van der Waals surface area contributed by atoms with Crippen molar-refractivity contribution in [3.8, 4) is 0 Å². The summed E-state index contributed by atoms with van der Waals surface area (Å²) in [6.45, 7) is 7.57. The highest BCUT2D eigenvalue weighted by Crippen LogP contribution is 2.14. The van der Waals surface area contributed by atoms with Crippen molar-refractivity contribution in [2.75, 3.05) is 6.54 Å². The fourth-order valence-corrected chi connectivity index (χ4v) is 2.16. The van der Waals surface area contributed by atoms with Gasteiger partial charge in [-0.3, -0.25) is 19.7 Å². The van der Waals surface area contributed by atoms with E-state index in [0.29, 0.717) is 6.54 Å². The summed E-state index contributed by atoms with van der Waals surface area (Å²) >= 11 is 0. The molecule has 3 N–H and O–H groups in total. The van der Waals surface area contributed by atoms with E-state index in [1.165, 1.54) is 12.1 Å². The first-order chi connectivity index (χ1) is 11.6. The normalized spacial score (nSPS) is 12.1. The molecule has 0 radical (unpaired) electrons. The lowest BCUT2D eigenvalue weighted by Gasteiger charge is -2.27. The van der Waals surface area contributed by atoms with Gasteiger partial charge < -0.3 is 16.0 Å². The SMILES string of the molecule is CC(C)[C@H](N)C(=O)NCC(=O)N(Cc1ccc([N+](=O)[O-])cc1)C(C)C. The van der Waals surface area contributed by atoms with Crippen LogP contribution < -0.4 is 11.1 Å². The van der Waals surface area contributed by atoms with E-state index < -0.39 is 11.0 Å². The lowest BCUT2D eigenvalue weighted by atomic mass is 10.1. The second kappa shape index (κ2) is 9.12. The van der Waals surface area contributed by atoms with Crippen molar-refractivity contribution in [3.63, 3.8) is 0 Å². The van der Waals surface area contributed by atoms with Crippen molar-refractivity contribution in [1.82, 2.24) is 10.2 Å². The Balaban J connectivity index is 2.71. The predicted molar refractivity (Wildman–Crippen MR) is 94.6 cm³/mol. The molecule has 25 heavy (non-hydrogen) atoms. The molecule has 0 fully saturated rings. The van der Waals surface area contributed by atoms with Gasteiger partial charge in [-0.15, -0.1) is 0 Å². The van der Waals surface area contributed by atoms with Crippen molar-refractivity contribution in [1.29, 1.82) is 0 Å². The Morgan fingerprint density at radius 2 is 1.76 bits per heavy atom. The summed E-state index contributed by atoms with van der Waals surface area (Å²) in [5.74, 6) is -0.614. The molecule has 0 unspecified atom stereocenters. The maximum atomic E-state index is 12.4. The Labute approximate surface area is 147 Å². The van der Waals surface area contributed by atoms with Gasteiger partial charge >= 0.3 is 0 Å². The van der Waals surface area contributed by atoms with Crippen molar-refractivity contribution >= 4 is 17.5 Å². The van der Waals surface area contributed by atoms with Crippen molar-refractivity contribution < 1.29 is 14.5 Å². The highest BCUT2D eigenvalue weighted by atomic mass is 16.6. The molecular formula is C17H26N4O4. The Bertz CT molecular complexity index is 614. The molecule has 2 amide bonds. The third-order valence-corrected chi connectivity index (χ3v) is 3.88. The molecule has 0 aliphatic heterocycles. The molecule has 138 valence electrons. The maximum Gasteiger partial charge on any atom is 0.269 e. The smallest absolute Gasteiger partial charge is 0.269 e. The number of nitrogens with two attached hydrogens (primary N) is 1. The Morgan fingerprint density at radius 1 is 1.20 bits per heavy atom. The number of benzene rings is 1.